The molecule has 0 bridgehead atoms. The van der Waals surface area contributed by atoms with Crippen molar-refractivity contribution in [3.8, 4) is 22.8 Å². The highest BCUT2D eigenvalue weighted by Crippen LogP contribution is 2.29. The molecule has 0 saturated heterocycles. The molecule has 4 aromatic rings. The number of hydrogen-bond acceptors (Lipinski definition) is 6. The summed E-state index contributed by atoms with van der Waals surface area (Å²) in [5.74, 6) is 1.27. The summed E-state index contributed by atoms with van der Waals surface area (Å²) in [4.78, 5) is 12.4. The molecule has 0 saturated carbocycles. The van der Waals surface area contributed by atoms with Crippen LogP contribution in [-0.4, -0.2) is 39.7 Å². The zero-order chi connectivity index (χ0) is 23.9. The van der Waals surface area contributed by atoms with Crippen molar-refractivity contribution in [2.75, 3.05) is 12.9 Å². The number of aryl methyl sites for hydroxylation is 1. The smallest absolute Gasteiger partial charge is 0.250 e. The van der Waals surface area contributed by atoms with E-state index in [-0.39, 0.29) is 11.7 Å². The third-order valence-corrected chi connectivity index (χ3v) is 6.16. The summed E-state index contributed by atoms with van der Waals surface area (Å²) in [6.45, 7) is 1.99. The molecule has 0 fully saturated rings. The maximum absolute atomic E-state index is 12.4. The van der Waals surface area contributed by atoms with E-state index in [2.05, 4.69) is 20.7 Å². The molecule has 1 aromatic heterocycles. The van der Waals surface area contributed by atoms with E-state index in [4.69, 9.17) is 16.3 Å². The van der Waals surface area contributed by atoms with Crippen LogP contribution in [-0.2, 0) is 4.79 Å². The summed E-state index contributed by atoms with van der Waals surface area (Å²) in [5.41, 5.74) is 6.29. The standard InChI is InChI=1S/C25H22ClN5O2S/c1-17-5-3-4-6-19(17)15-27-28-23(32)16-34-25-30-29-24(18-7-13-22(33-2)14-8-18)31(25)21-11-9-20(26)10-12-21/h3-15H,16H2,1-2H3,(H,28,32)/b27-15-. The SMILES string of the molecule is COc1ccc(-c2nnc(SCC(=O)N/N=C\c3ccccc3C)n2-c2ccc(Cl)cc2)cc1. The van der Waals surface area contributed by atoms with Gasteiger partial charge < -0.3 is 4.74 Å². The second-order valence-corrected chi connectivity index (χ2v) is 8.66. The van der Waals surface area contributed by atoms with Crippen LogP contribution in [0.5, 0.6) is 5.75 Å². The lowest BCUT2D eigenvalue weighted by Crippen LogP contribution is -2.20. The van der Waals surface area contributed by atoms with Crippen LogP contribution in [0.15, 0.2) is 83.1 Å². The molecule has 0 atom stereocenters. The third kappa shape index (κ3) is 5.65. The van der Waals surface area contributed by atoms with Crippen LogP contribution in [0.3, 0.4) is 0 Å². The molecule has 1 heterocycles. The molecular weight excluding hydrogens is 470 g/mol. The summed E-state index contributed by atoms with van der Waals surface area (Å²) in [5, 5.41) is 14.0. The van der Waals surface area contributed by atoms with Crippen LogP contribution in [0.25, 0.3) is 17.1 Å². The predicted octanol–water partition coefficient (Wildman–Crippen LogP) is 5.15. The largest absolute Gasteiger partial charge is 0.497 e. The zero-order valence-electron chi connectivity index (χ0n) is 18.6. The van der Waals surface area contributed by atoms with Gasteiger partial charge in [-0.2, -0.15) is 5.10 Å². The van der Waals surface area contributed by atoms with Gasteiger partial charge in [0.25, 0.3) is 5.91 Å². The van der Waals surface area contributed by atoms with E-state index in [1.807, 2.05) is 72.2 Å². The van der Waals surface area contributed by atoms with Crippen molar-refractivity contribution in [1.29, 1.82) is 0 Å². The van der Waals surface area contributed by atoms with Crippen molar-refractivity contribution in [3.63, 3.8) is 0 Å². The number of halogens is 1. The number of thioether (sulfide) groups is 1. The summed E-state index contributed by atoms with van der Waals surface area (Å²) < 4.78 is 7.15. The number of ether oxygens (including phenoxy) is 1. The van der Waals surface area contributed by atoms with E-state index in [1.165, 1.54) is 11.8 Å². The Balaban J connectivity index is 1.53. The minimum atomic E-state index is -0.244. The van der Waals surface area contributed by atoms with Crippen LogP contribution < -0.4 is 10.2 Å². The number of carbonyl (C=O) groups is 1. The highest BCUT2D eigenvalue weighted by Gasteiger charge is 2.17. The predicted molar refractivity (Wildman–Crippen MR) is 136 cm³/mol. The monoisotopic (exact) mass is 491 g/mol. The molecule has 0 aliphatic carbocycles. The van der Waals surface area contributed by atoms with Crippen molar-refractivity contribution in [1.82, 2.24) is 20.2 Å². The van der Waals surface area contributed by atoms with Gasteiger partial charge in [0.15, 0.2) is 11.0 Å². The lowest BCUT2D eigenvalue weighted by molar-refractivity contribution is -0.118. The van der Waals surface area contributed by atoms with Gasteiger partial charge >= 0.3 is 0 Å². The molecule has 3 aromatic carbocycles. The Bertz CT molecular complexity index is 1300. The van der Waals surface area contributed by atoms with E-state index in [1.54, 1.807) is 25.5 Å². The zero-order valence-corrected chi connectivity index (χ0v) is 20.2. The molecule has 4 rings (SSSR count). The first kappa shape index (κ1) is 23.5. The van der Waals surface area contributed by atoms with Crippen LogP contribution in [0.2, 0.25) is 5.02 Å². The van der Waals surface area contributed by atoms with E-state index in [9.17, 15) is 4.79 Å². The first-order chi connectivity index (χ1) is 16.5. The van der Waals surface area contributed by atoms with Crippen molar-refractivity contribution >= 4 is 35.5 Å². The second-order valence-electron chi connectivity index (χ2n) is 7.28. The van der Waals surface area contributed by atoms with Gasteiger partial charge in [0.05, 0.1) is 19.1 Å². The van der Waals surface area contributed by atoms with Gasteiger partial charge in [0, 0.05) is 16.3 Å². The molecule has 1 N–H and O–H groups in total. The number of nitrogens with zero attached hydrogens (tertiary/aromatic N) is 4. The average molecular weight is 492 g/mol. The Kier molecular flexibility index (Phi) is 7.61. The van der Waals surface area contributed by atoms with Crippen molar-refractivity contribution in [2.45, 2.75) is 12.1 Å². The Hall–Kier alpha value is -3.62. The van der Waals surface area contributed by atoms with E-state index >= 15 is 0 Å². The van der Waals surface area contributed by atoms with Gasteiger partial charge in [-0.3, -0.25) is 9.36 Å². The number of benzene rings is 3. The molecule has 0 aliphatic rings. The Labute approximate surface area is 206 Å². The first-order valence-corrected chi connectivity index (χ1v) is 11.8. The van der Waals surface area contributed by atoms with Crippen molar-refractivity contribution in [3.05, 3.63) is 88.9 Å². The molecule has 0 spiro atoms. The van der Waals surface area contributed by atoms with Gasteiger partial charge in [-0.15, -0.1) is 10.2 Å². The lowest BCUT2D eigenvalue weighted by Gasteiger charge is -2.11. The van der Waals surface area contributed by atoms with E-state index in [0.29, 0.717) is 16.0 Å². The maximum atomic E-state index is 12.4. The molecule has 34 heavy (non-hydrogen) atoms. The molecule has 7 nitrogen and oxygen atoms in total. The maximum Gasteiger partial charge on any atom is 0.250 e. The summed E-state index contributed by atoms with van der Waals surface area (Å²) in [6, 6.07) is 22.7. The number of amides is 1. The summed E-state index contributed by atoms with van der Waals surface area (Å²) in [6.07, 6.45) is 1.63. The minimum absolute atomic E-state index is 0.124. The highest BCUT2D eigenvalue weighted by molar-refractivity contribution is 7.99. The second kappa shape index (κ2) is 11.0. The average Bonchev–Trinajstić information content (AvgIpc) is 3.28. The molecule has 0 radical (unpaired) electrons. The van der Waals surface area contributed by atoms with Crippen molar-refractivity contribution < 1.29 is 9.53 Å². The molecule has 1 amide bonds. The molecular formula is C25H22ClN5O2S. The van der Waals surface area contributed by atoms with Gasteiger partial charge in [-0.05, 0) is 66.6 Å². The number of hydrogen-bond donors (Lipinski definition) is 1. The summed E-state index contributed by atoms with van der Waals surface area (Å²) >= 11 is 7.35. The number of rotatable bonds is 8. The topological polar surface area (TPSA) is 81.4 Å². The fraction of sp³-hybridized carbons (Fsp3) is 0.120. The fourth-order valence-corrected chi connectivity index (χ4v) is 4.05. The molecule has 0 unspecified atom stereocenters. The fourth-order valence-electron chi connectivity index (χ4n) is 3.18. The Morgan fingerprint density at radius 1 is 1.09 bits per heavy atom. The first-order valence-electron chi connectivity index (χ1n) is 10.4. The van der Waals surface area contributed by atoms with Gasteiger partial charge in [0.1, 0.15) is 5.75 Å². The molecule has 0 aliphatic heterocycles. The van der Waals surface area contributed by atoms with Crippen LogP contribution in [0.1, 0.15) is 11.1 Å². The normalized spacial score (nSPS) is 11.0. The quantitative estimate of drug-likeness (QED) is 0.209. The van der Waals surface area contributed by atoms with E-state index < -0.39 is 0 Å². The number of carbonyl (C=O) groups excluding carboxylic acids is 1. The molecule has 172 valence electrons. The van der Waals surface area contributed by atoms with Crippen LogP contribution >= 0.6 is 23.4 Å². The van der Waals surface area contributed by atoms with Gasteiger partial charge in [0.2, 0.25) is 0 Å². The number of nitrogens with one attached hydrogen (secondary N) is 1. The lowest BCUT2D eigenvalue weighted by atomic mass is 10.1. The van der Waals surface area contributed by atoms with Crippen LogP contribution in [0.4, 0.5) is 0 Å². The van der Waals surface area contributed by atoms with Crippen molar-refractivity contribution in [2.24, 2.45) is 5.10 Å². The van der Waals surface area contributed by atoms with Gasteiger partial charge in [-0.1, -0.05) is 47.6 Å². The number of hydrazone groups is 1. The summed E-state index contributed by atoms with van der Waals surface area (Å²) in [7, 11) is 1.62. The highest BCUT2D eigenvalue weighted by atomic mass is 35.5. The van der Waals surface area contributed by atoms with Gasteiger partial charge in [-0.25, -0.2) is 5.43 Å². The third-order valence-electron chi connectivity index (χ3n) is 4.98. The minimum Gasteiger partial charge on any atom is -0.497 e. The number of methoxy groups -OCH3 is 1. The Morgan fingerprint density at radius 2 is 1.82 bits per heavy atom. The Morgan fingerprint density at radius 3 is 2.53 bits per heavy atom. The molecule has 9 heteroatoms. The van der Waals surface area contributed by atoms with Crippen LogP contribution in [0, 0.1) is 6.92 Å². The number of aromatic nitrogens is 3. The van der Waals surface area contributed by atoms with E-state index in [0.717, 1.165) is 28.1 Å².